The number of sulfonamides is 1. The highest BCUT2D eigenvalue weighted by atomic mass is 35.5. The molecule has 1 N–H and O–H groups in total. The number of non-ortho nitro benzene ring substituents is 1. The molecule has 11 heteroatoms. The largest absolute Gasteiger partial charge is 0.379 e. The molecule has 1 heterocycles. The van der Waals surface area contributed by atoms with Crippen molar-refractivity contribution >= 4 is 45.3 Å². The van der Waals surface area contributed by atoms with E-state index in [-0.39, 0.29) is 42.6 Å². The predicted molar refractivity (Wildman–Crippen MR) is 115 cm³/mol. The van der Waals surface area contributed by atoms with E-state index in [0.29, 0.717) is 5.03 Å². The standard InChI is InChI=1S/C19H19ClN4O5S/c20-16(12-15-4-2-1-3-5-15)14-21-22-18-7-6-17(24(25)26)13-19(18)30(27,28)23-8-10-29-11-9-23/h1-7,12-14,22H,8-11H2. The summed E-state index contributed by atoms with van der Waals surface area (Å²) in [6.45, 7) is 0.850. The summed E-state index contributed by atoms with van der Waals surface area (Å²) in [6.07, 6.45) is 3.01. The lowest BCUT2D eigenvalue weighted by Crippen LogP contribution is -2.40. The molecular weight excluding hydrogens is 432 g/mol. The van der Waals surface area contributed by atoms with E-state index in [4.69, 9.17) is 16.3 Å². The van der Waals surface area contributed by atoms with Crippen molar-refractivity contribution in [3.8, 4) is 0 Å². The number of hydrogen-bond donors (Lipinski definition) is 1. The normalized spacial score (nSPS) is 16.0. The lowest BCUT2D eigenvalue weighted by molar-refractivity contribution is -0.385. The van der Waals surface area contributed by atoms with Gasteiger partial charge in [-0.2, -0.15) is 9.41 Å². The number of hydrazone groups is 1. The number of rotatable bonds is 7. The van der Waals surface area contributed by atoms with Gasteiger partial charge in [0.25, 0.3) is 5.69 Å². The number of allylic oxidation sites excluding steroid dienone is 1. The van der Waals surface area contributed by atoms with Gasteiger partial charge < -0.3 is 4.74 Å². The number of morpholine rings is 1. The van der Waals surface area contributed by atoms with E-state index < -0.39 is 14.9 Å². The Morgan fingerprint density at radius 1 is 1.20 bits per heavy atom. The summed E-state index contributed by atoms with van der Waals surface area (Å²) in [7, 11) is -3.98. The van der Waals surface area contributed by atoms with Gasteiger partial charge >= 0.3 is 0 Å². The SMILES string of the molecule is O=[N+]([O-])c1ccc(NN=CC(Cl)=Cc2ccccc2)c(S(=O)(=O)N2CCOCC2)c1. The highest BCUT2D eigenvalue weighted by Gasteiger charge is 2.30. The van der Waals surface area contributed by atoms with Crippen LogP contribution in [0.25, 0.3) is 6.08 Å². The zero-order chi connectivity index (χ0) is 21.6. The van der Waals surface area contributed by atoms with Crippen LogP contribution in [0, 0.1) is 10.1 Å². The summed E-state index contributed by atoms with van der Waals surface area (Å²) in [6, 6.07) is 12.9. The molecular formula is C19H19ClN4O5S. The maximum absolute atomic E-state index is 13.0. The monoisotopic (exact) mass is 450 g/mol. The zero-order valence-electron chi connectivity index (χ0n) is 15.8. The van der Waals surface area contributed by atoms with Crippen molar-refractivity contribution in [2.45, 2.75) is 4.90 Å². The number of benzene rings is 2. The van der Waals surface area contributed by atoms with Crippen molar-refractivity contribution in [2.24, 2.45) is 5.10 Å². The number of nitro groups is 1. The fourth-order valence-electron chi connectivity index (χ4n) is 2.77. The van der Waals surface area contributed by atoms with Crippen molar-refractivity contribution in [3.63, 3.8) is 0 Å². The third kappa shape index (κ3) is 5.42. The van der Waals surface area contributed by atoms with Gasteiger partial charge in [-0.15, -0.1) is 0 Å². The van der Waals surface area contributed by atoms with E-state index in [1.807, 2.05) is 30.3 Å². The van der Waals surface area contributed by atoms with Gasteiger partial charge in [0.2, 0.25) is 10.0 Å². The van der Waals surface area contributed by atoms with Crippen LogP contribution in [0.4, 0.5) is 11.4 Å². The topological polar surface area (TPSA) is 114 Å². The molecule has 2 aromatic rings. The molecule has 1 saturated heterocycles. The summed E-state index contributed by atoms with van der Waals surface area (Å²) in [5.74, 6) is 0. The van der Waals surface area contributed by atoms with Gasteiger partial charge in [0.05, 0.1) is 35.1 Å². The van der Waals surface area contributed by atoms with E-state index in [0.717, 1.165) is 11.6 Å². The number of nitrogens with one attached hydrogen (secondary N) is 1. The molecule has 0 unspecified atom stereocenters. The molecule has 1 fully saturated rings. The van der Waals surface area contributed by atoms with E-state index in [9.17, 15) is 18.5 Å². The van der Waals surface area contributed by atoms with Crippen LogP contribution in [0.1, 0.15) is 5.56 Å². The fraction of sp³-hybridized carbons (Fsp3) is 0.211. The summed E-state index contributed by atoms with van der Waals surface area (Å²) >= 11 is 6.14. The number of nitro benzene ring substituents is 1. The van der Waals surface area contributed by atoms with Gasteiger partial charge in [0, 0.05) is 25.2 Å². The molecule has 158 valence electrons. The first-order chi connectivity index (χ1) is 14.4. The van der Waals surface area contributed by atoms with Crippen molar-refractivity contribution < 1.29 is 18.1 Å². The van der Waals surface area contributed by atoms with Gasteiger partial charge in [-0.05, 0) is 17.7 Å². The van der Waals surface area contributed by atoms with E-state index in [1.165, 1.54) is 22.7 Å². The minimum Gasteiger partial charge on any atom is -0.379 e. The average molecular weight is 451 g/mol. The molecule has 1 aliphatic rings. The second-order valence-electron chi connectivity index (χ2n) is 6.26. The lowest BCUT2D eigenvalue weighted by atomic mass is 10.2. The molecule has 0 saturated carbocycles. The number of anilines is 1. The van der Waals surface area contributed by atoms with Crippen LogP contribution >= 0.6 is 11.6 Å². The second-order valence-corrected chi connectivity index (χ2v) is 8.61. The third-order valence-electron chi connectivity index (χ3n) is 4.24. The first-order valence-electron chi connectivity index (χ1n) is 8.95. The Hall–Kier alpha value is -2.79. The van der Waals surface area contributed by atoms with Crippen LogP contribution in [-0.4, -0.2) is 50.2 Å². The van der Waals surface area contributed by atoms with Gasteiger partial charge in [-0.25, -0.2) is 8.42 Å². The van der Waals surface area contributed by atoms with Crippen molar-refractivity contribution in [1.82, 2.24) is 4.31 Å². The summed E-state index contributed by atoms with van der Waals surface area (Å²) in [4.78, 5) is 10.3. The Kier molecular flexibility index (Phi) is 7.16. The maximum atomic E-state index is 13.0. The fourth-order valence-corrected chi connectivity index (χ4v) is 4.51. The van der Waals surface area contributed by atoms with Gasteiger partial charge in [-0.1, -0.05) is 41.9 Å². The van der Waals surface area contributed by atoms with Crippen molar-refractivity contribution in [1.29, 1.82) is 0 Å². The Morgan fingerprint density at radius 3 is 2.57 bits per heavy atom. The molecule has 0 spiro atoms. The predicted octanol–water partition coefficient (Wildman–Crippen LogP) is 3.29. The second kappa shape index (κ2) is 9.81. The smallest absolute Gasteiger partial charge is 0.270 e. The molecule has 0 amide bonds. The molecule has 0 atom stereocenters. The highest BCUT2D eigenvalue weighted by molar-refractivity contribution is 7.89. The van der Waals surface area contributed by atoms with E-state index in [1.54, 1.807) is 6.08 Å². The highest BCUT2D eigenvalue weighted by Crippen LogP contribution is 2.29. The Bertz CT molecular complexity index is 1070. The number of hydrogen-bond acceptors (Lipinski definition) is 7. The van der Waals surface area contributed by atoms with Crippen LogP contribution in [0.15, 0.2) is 63.6 Å². The molecule has 30 heavy (non-hydrogen) atoms. The molecule has 3 rings (SSSR count). The minimum absolute atomic E-state index is 0.104. The summed E-state index contributed by atoms with van der Waals surface area (Å²) < 4.78 is 32.5. The van der Waals surface area contributed by atoms with Gasteiger partial charge in [0.15, 0.2) is 0 Å². The molecule has 0 radical (unpaired) electrons. The van der Waals surface area contributed by atoms with Crippen molar-refractivity contribution in [3.05, 3.63) is 69.2 Å². The van der Waals surface area contributed by atoms with E-state index >= 15 is 0 Å². The number of halogens is 1. The van der Waals surface area contributed by atoms with Crippen LogP contribution in [0.5, 0.6) is 0 Å². The molecule has 0 bridgehead atoms. The minimum atomic E-state index is -3.98. The molecule has 0 aliphatic carbocycles. The molecule has 1 aliphatic heterocycles. The van der Waals surface area contributed by atoms with Crippen LogP contribution < -0.4 is 5.43 Å². The maximum Gasteiger partial charge on any atom is 0.270 e. The third-order valence-corrected chi connectivity index (χ3v) is 6.39. The molecule has 9 nitrogen and oxygen atoms in total. The summed E-state index contributed by atoms with van der Waals surface area (Å²) in [5, 5.41) is 15.4. The first-order valence-corrected chi connectivity index (χ1v) is 10.8. The summed E-state index contributed by atoms with van der Waals surface area (Å²) in [5.41, 5.74) is 3.27. The zero-order valence-corrected chi connectivity index (χ0v) is 17.3. The Balaban J connectivity index is 1.87. The van der Waals surface area contributed by atoms with Crippen LogP contribution in [-0.2, 0) is 14.8 Å². The lowest BCUT2D eigenvalue weighted by Gasteiger charge is -2.26. The Morgan fingerprint density at radius 2 is 1.90 bits per heavy atom. The molecule has 0 aromatic heterocycles. The average Bonchev–Trinajstić information content (AvgIpc) is 2.75. The van der Waals surface area contributed by atoms with E-state index in [2.05, 4.69) is 10.5 Å². The quantitative estimate of drug-likeness (QED) is 0.393. The van der Waals surface area contributed by atoms with Crippen LogP contribution in [0.2, 0.25) is 0 Å². The van der Waals surface area contributed by atoms with Crippen molar-refractivity contribution in [2.75, 3.05) is 31.7 Å². The Labute approximate surface area is 178 Å². The first kappa shape index (κ1) is 21.9. The van der Waals surface area contributed by atoms with Gasteiger partial charge in [0.1, 0.15) is 4.90 Å². The van der Waals surface area contributed by atoms with Gasteiger partial charge in [-0.3, -0.25) is 15.5 Å². The van der Waals surface area contributed by atoms with Crippen LogP contribution in [0.3, 0.4) is 0 Å². The number of ether oxygens (including phenoxy) is 1. The molecule has 2 aromatic carbocycles. The number of nitrogens with zero attached hydrogens (tertiary/aromatic N) is 3.